The Balaban J connectivity index is 1.87. The number of nitrogens with zero attached hydrogens (tertiary/aromatic N) is 2. The molecule has 32 heavy (non-hydrogen) atoms. The van der Waals surface area contributed by atoms with Crippen LogP contribution >= 0.6 is 23.5 Å². The number of hydrogen-bond acceptors (Lipinski definition) is 8. The minimum Gasteiger partial charge on any atom is -0.467 e. The zero-order valence-corrected chi connectivity index (χ0v) is 20.3. The van der Waals surface area contributed by atoms with Crippen LogP contribution in [0.2, 0.25) is 0 Å². The molecule has 168 valence electrons. The lowest BCUT2D eigenvalue weighted by molar-refractivity contribution is -0.143. The number of esters is 2. The molecular formula is C24H26N2O4S2. The smallest absolute Gasteiger partial charge is 0.339 e. The van der Waals surface area contributed by atoms with Crippen LogP contribution in [0.3, 0.4) is 0 Å². The molecule has 2 aromatic rings. The van der Waals surface area contributed by atoms with Crippen LogP contribution in [0.5, 0.6) is 0 Å². The van der Waals surface area contributed by atoms with Gasteiger partial charge in [0.1, 0.15) is 4.08 Å². The van der Waals surface area contributed by atoms with E-state index in [0.717, 1.165) is 21.9 Å². The summed E-state index contributed by atoms with van der Waals surface area (Å²) in [4.78, 5) is 33.1. The van der Waals surface area contributed by atoms with E-state index in [9.17, 15) is 9.59 Å². The molecule has 2 heterocycles. The van der Waals surface area contributed by atoms with Crippen molar-refractivity contribution >= 4 is 46.2 Å². The van der Waals surface area contributed by atoms with Crippen molar-refractivity contribution in [1.29, 1.82) is 0 Å². The normalized spacial score (nSPS) is 26.2. The lowest BCUT2D eigenvalue weighted by Gasteiger charge is -2.39. The number of benzene rings is 2. The molecule has 0 aliphatic carbocycles. The number of methoxy groups -OCH3 is 2. The van der Waals surface area contributed by atoms with Crippen LogP contribution < -0.4 is 4.90 Å². The van der Waals surface area contributed by atoms with Gasteiger partial charge in [-0.1, -0.05) is 59.8 Å². The summed E-state index contributed by atoms with van der Waals surface area (Å²) < 4.78 is 9.64. The maximum absolute atomic E-state index is 13.3. The summed E-state index contributed by atoms with van der Waals surface area (Å²) in [5, 5.41) is 0.121. The van der Waals surface area contributed by atoms with Gasteiger partial charge in [-0.15, -0.1) is 11.8 Å². The number of hydrogen-bond donors (Lipinski definition) is 0. The Bertz CT molecular complexity index is 1060. The number of carbonyl (C=O) groups excluding carboxylic acids is 2. The van der Waals surface area contributed by atoms with Crippen LogP contribution in [0.25, 0.3) is 0 Å². The molecule has 1 fully saturated rings. The summed E-state index contributed by atoms with van der Waals surface area (Å²) in [6.45, 7) is 6.01. The average molecular weight is 471 g/mol. The molecule has 6 nitrogen and oxygen atoms in total. The first-order chi connectivity index (χ1) is 15.2. The van der Waals surface area contributed by atoms with Crippen LogP contribution in [0.15, 0.2) is 59.6 Å². The molecule has 2 aromatic carbocycles. The van der Waals surface area contributed by atoms with Crippen molar-refractivity contribution in [2.45, 2.75) is 41.8 Å². The van der Waals surface area contributed by atoms with Gasteiger partial charge in [0.15, 0.2) is 11.4 Å². The van der Waals surface area contributed by atoms with E-state index >= 15 is 0 Å². The first-order valence-corrected chi connectivity index (χ1v) is 12.0. The minimum atomic E-state index is -0.797. The Morgan fingerprint density at radius 3 is 2.19 bits per heavy atom. The zero-order chi connectivity index (χ0) is 23.1. The highest BCUT2D eigenvalue weighted by Crippen LogP contribution is 2.63. The number of thioether (sulfide) groups is 2. The molecule has 0 aromatic heterocycles. The highest BCUT2D eigenvalue weighted by Gasteiger charge is 2.68. The predicted octanol–water partition coefficient (Wildman–Crippen LogP) is 4.26. The Morgan fingerprint density at radius 2 is 1.59 bits per heavy atom. The predicted molar refractivity (Wildman–Crippen MR) is 130 cm³/mol. The highest BCUT2D eigenvalue weighted by molar-refractivity contribution is 8.27. The summed E-state index contributed by atoms with van der Waals surface area (Å²) in [5.41, 5.74) is 2.16. The molecule has 0 unspecified atom stereocenters. The lowest BCUT2D eigenvalue weighted by atomic mass is 9.92. The van der Waals surface area contributed by atoms with Gasteiger partial charge in [-0.25, -0.2) is 9.59 Å². The number of aliphatic imine (C=N–C) groups is 1. The fraction of sp³-hybridized carbons (Fsp3) is 0.375. The van der Waals surface area contributed by atoms with Crippen molar-refractivity contribution in [2.75, 3.05) is 19.1 Å². The molecule has 4 rings (SSSR count). The number of anilines is 1. The largest absolute Gasteiger partial charge is 0.467 e. The van der Waals surface area contributed by atoms with Crippen molar-refractivity contribution in [3.63, 3.8) is 0 Å². The van der Waals surface area contributed by atoms with Crippen molar-refractivity contribution < 1.29 is 19.1 Å². The quantitative estimate of drug-likeness (QED) is 0.619. The van der Waals surface area contributed by atoms with E-state index in [0.29, 0.717) is 0 Å². The molecule has 8 heteroatoms. The first kappa shape index (κ1) is 22.7. The van der Waals surface area contributed by atoms with Crippen LogP contribution in [0, 0.1) is 6.92 Å². The molecule has 2 aliphatic heterocycles. The lowest BCUT2D eigenvalue weighted by Crippen LogP contribution is -2.56. The van der Waals surface area contributed by atoms with E-state index < -0.39 is 33.0 Å². The van der Waals surface area contributed by atoms with Crippen LogP contribution in [0.4, 0.5) is 5.69 Å². The van der Waals surface area contributed by atoms with Gasteiger partial charge in [0, 0.05) is 11.3 Å². The molecular weight excluding hydrogens is 444 g/mol. The second-order valence-electron chi connectivity index (χ2n) is 8.27. The summed E-state index contributed by atoms with van der Waals surface area (Å²) in [6.07, 6.45) is 0. The molecule has 2 aliphatic rings. The molecule has 0 N–H and O–H groups in total. The van der Waals surface area contributed by atoms with Crippen LogP contribution in [0.1, 0.15) is 25.0 Å². The number of carbonyl (C=O) groups is 2. The molecule has 0 amide bonds. The number of aryl methyl sites for hydroxylation is 1. The number of rotatable bonds is 4. The molecule has 0 bridgehead atoms. The second kappa shape index (κ2) is 8.48. The van der Waals surface area contributed by atoms with E-state index in [1.807, 2.05) is 80.3 Å². The molecule has 0 saturated carbocycles. The Kier molecular flexibility index (Phi) is 6.02. The monoisotopic (exact) mass is 470 g/mol. The summed E-state index contributed by atoms with van der Waals surface area (Å²) in [7, 11) is 2.75. The van der Waals surface area contributed by atoms with Gasteiger partial charge >= 0.3 is 11.9 Å². The zero-order valence-electron chi connectivity index (χ0n) is 18.7. The van der Waals surface area contributed by atoms with E-state index in [-0.39, 0.29) is 0 Å². The van der Waals surface area contributed by atoms with Crippen LogP contribution in [-0.2, 0) is 19.1 Å². The fourth-order valence-corrected chi connectivity index (χ4v) is 7.82. The molecule has 1 saturated heterocycles. The maximum atomic E-state index is 13.3. The van der Waals surface area contributed by atoms with Gasteiger partial charge in [-0.3, -0.25) is 4.99 Å². The number of ether oxygens (including phenoxy) is 2. The topological polar surface area (TPSA) is 68.2 Å². The first-order valence-electron chi connectivity index (χ1n) is 10.3. The fourth-order valence-electron chi connectivity index (χ4n) is 4.14. The van der Waals surface area contributed by atoms with Crippen molar-refractivity contribution in [3.8, 4) is 0 Å². The van der Waals surface area contributed by atoms with Gasteiger partial charge in [0.2, 0.25) is 0 Å². The van der Waals surface area contributed by atoms with E-state index in [1.54, 1.807) is 0 Å². The van der Waals surface area contributed by atoms with E-state index in [4.69, 9.17) is 14.5 Å². The Morgan fingerprint density at radius 1 is 0.969 bits per heavy atom. The summed E-state index contributed by atoms with van der Waals surface area (Å²) in [6, 6.07) is 16.9. The van der Waals surface area contributed by atoms with Crippen LogP contribution in [-0.4, -0.2) is 52.2 Å². The van der Waals surface area contributed by atoms with Gasteiger partial charge < -0.3 is 14.4 Å². The average Bonchev–Trinajstić information content (AvgIpc) is 3.28. The van der Waals surface area contributed by atoms with Gasteiger partial charge in [0.25, 0.3) is 0 Å². The molecule has 0 radical (unpaired) electrons. The van der Waals surface area contributed by atoms with Gasteiger partial charge in [-0.2, -0.15) is 0 Å². The van der Waals surface area contributed by atoms with Crippen molar-refractivity contribution in [1.82, 2.24) is 0 Å². The van der Waals surface area contributed by atoms with E-state index in [2.05, 4.69) is 0 Å². The van der Waals surface area contributed by atoms with Gasteiger partial charge in [0.05, 0.1) is 24.8 Å². The Labute approximate surface area is 196 Å². The maximum Gasteiger partial charge on any atom is 0.339 e. The van der Waals surface area contributed by atoms with E-state index in [1.165, 1.54) is 37.7 Å². The minimum absolute atomic E-state index is 0.408. The summed E-state index contributed by atoms with van der Waals surface area (Å²) >= 11 is 2.94. The third kappa shape index (κ3) is 3.59. The van der Waals surface area contributed by atoms with Crippen molar-refractivity contribution in [3.05, 3.63) is 65.7 Å². The molecule has 3 atom stereocenters. The second-order valence-corrected chi connectivity index (χ2v) is 11.1. The SMILES string of the molecule is COC(=O)[C@@H]1S[C@@]2(SC(c3ccccc3)=NC2(C)C)[C@@H](C(=O)OC)N1c1ccc(C)cc1. The van der Waals surface area contributed by atoms with Gasteiger partial charge in [-0.05, 0) is 32.9 Å². The summed E-state index contributed by atoms with van der Waals surface area (Å²) in [5.74, 6) is -0.819. The molecule has 1 spiro atoms. The third-order valence-corrected chi connectivity index (χ3v) is 9.64. The van der Waals surface area contributed by atoms with Crippen molar-refractivity contribution in [2.24, 2.45) is 4.99 Å². The standard InChI is InChI=1S/C24H26N2O4S2/c1-15-11-13-17(14-12-15)26-18(21(27)29-4)24(32-20(26)22(28)30-5)23(2,3)25-19(31-24)16-9-7-6-8-10-16/h6-14,18,20H,1-5H3/t18-,20+,24+/m1/s1. The highest BCUT2D eigenvalue weighted by atomic mass is 32.2. The Hall–Kier alpha value is -2.45. The third-order valence-electron chi connectivity index (χ3n) is 5.84.